The molecule has 0 saturated carbocycles. The fourth-order valence-corrected chi connectivity index (χ4v) is 5.29. The minimum absolute atomic E-state index is 0.153. The summed E-state index contributed by atoms with van der Waals surface area (Å²) in [5, 5.41) is 0. The van der Waals surface area contributed by atoms with E-state index in [4.69, 9.17) is 0 Å². The first-order valence-corrected chi connectivity index (χ1v) is 11.4. The topological polar surface area (TPSA) is 0 Å². The van der Waals surface area contributed by atoms with Crippen LogP contribution in [-0.4, -0.2) is 0 Å². The first-order valence-electron chi connectivity index (χ1n) is 9.51. The summed E-state index contributed by atoms with van der Waals surface area (Å²) in [4.78, 5) is 0. The van der Waals surface area contributed by atoms with Crippen molar-refractivity contribution in [2.45, 2.75) is 58.8 Å². The van der Waals surface area contributed by atoms with Crippen molar-refractivity contribution in [3.63, 3.8) is 0 Å². The molecule has 0 fully saturated rings. The molecular weight excluding hydrogens is 483 g/mol. The van der Waals surface area contributed by atoms with Gasteiger partial charge in [0, 0.05) is 13.5 Å². The molecule has 0 heterocycles. The highest BCUT2D eigenvalue weighted by Crippen LogP contribution is 2.56. The molecule has 1 aliphatic carbocycles. The molecule has 0 aromatic heterocycles. The van der Waals surface area contributed by atoms with Gasteiger partial charge >= 0.3 is 0 Å². The second-order valence-electron chi connectivity index (χ2n) is 7.90. The molecule has 0 amide bonds. The van der Waals surface area contributed by atoms with Gasteiger partial charge in [-0.1, -0.05) is 68.6 Å². The standard InChI is InChI=1S/C23H28BrI/c1-5-15(3)13-23(14-16(4)6-2)21-11-17(24)7-9-19(21)20-10-8-18(25)12-22(20)23/h7-12,15-16H,5-6,13-14H2,1-4H3/t15-,16-/m0/s1. The highest BCUT2D eigenvalue weighted by molar-refractivity contribution is 14.1. The van der Waals surface area contributed by atoms with Crippen molar-refractivity contribution in [2.24, 2.45) is 11.8 Å². The molecule has 0 spiro atoms. The van der Waals surface area contributed by atoms with Crippen molar-refractivity contribution >= 4 is 38.5 Å². The number of hydrogen-bond donors (Lipinski definition) is 0. The van der Waals surface area contributed by atoms with Gasteiger partial charge in [0.25, 0.3) is 0 Å². The number of hydrogen-bond acceptors (Lipinski definition) is 0. The molecule has 25 heavy (non-hydrogen) atoms. The van der Waals surface area contributed by atoms with Crippen LogP contribution in [-0.2, 0) is 5.41 Å². The summed E-state index contributed by atoms with van der Waals surface area (Å²) in [5.74, 6) is 1.44. The molecule has 0 N–H and O–H groups in total. The van der Waals surface area contributed by atoms with Crippen LogP contribution in [0.5, 0.6) is 0 Å². The van der Waals surface area contributed by atoms with Crippen molar-refractivity contribution in [3.8, 4) is 11.1 Å². The van der Waals surface area contributed by atoms with E-state index in [1.807, 2.05) is 0 Å². The predicted octanol–water partition coefficient (Wildman–Crippen LogP) is 8.19. The summed E-state index contributed by atoms with van der Waals surface area (Å²) in [6, 6.07) is 14.0. The molecular formula is C23H28BrI. The average molecular weight is 511 g/mol. The molecule has 2 aromatic carbocycles. The van der Waals surface area contributed by atoms with Gasteiger partial charge < -0.3 is 0 Å². The average Bonchev–Trinajstić information content (AvgIpc) is 2.84. The van der Waals surface area contributed by atoms with Gasteiger partial charge in [0.05, 0.1) is 0 Å². The Bertz CT molecular complexity index is 699. The van der Waals surface area contributed by atoms with Gasteiger partial charge in [-0.15, -0.1) is 0 Å². The molecule has 134 valence electrons. The van der Waals surface area contributed by atoms with E-state index in [9.17, 15) is 0 Å². The van der Waals surface area contributed by atoms with Crippen LogP contribution in [0.1, 0.15) is 64.5 Å². The number of fused-ring (bicyclic) bond motifs is 3. The molecule has 0 bridgehead atoms. The van der Waals surface area contributed by atoms with Gasteiger partial charge in [-0.3, -0.25) is 0 Å². The fourth-order valence-electron chi connectivity index (χ4n) is 4.44. The van der Waals surface area contributed by atoms with E-state index in [1.165, 1.54) is 44.9 Å². The molecule has 0 saturated heterocycles. The van der Waals surface area contributed by atoms with Gasteiger partial charge in [0.1, 0.15) is 0 Å². The maximum atomic E-state index is 3.74. The summed E-state index contributed by atoms with van der Waals surface area (Å²) < 4.78 is 2.55. The Morgan fingerprint density at radius 2 is 1.40 bits per heavy atom. The molecule has 3 rings (SSSR count). The van der Waals surface area contributed by atoms with E-state index < -0.39 is 0 Å². The largest absolute Gasteiger partial charge is 0.0651 e. The number of rotatable bonds is 6. The molecule has 2 heteroatoms. The molecule has 2 atom stereocenters. The van der Waals surface area contributed by atoms with Gasteiger partial charge in [0.2, 0.25) is 0 Å². The van der Waals surface area contributed by atoms with Gasteiger partial charge in [-0.25, -0.2) is 0 Å². The summed E-state index contributed by atoms with van der Waals surface area (Å²) >= 11 is 6.21. The second-order valence-corrected chi connectivity index (χ2v) is 10.1. The first-order chi connectivity index (χ1) is 11.9. The molecule has 0 nitrogen and oxygen atoms in total. The molecule has 0 unspecified atom stereocenters. The normalized spacial score (nSPS) is 17.0. The van der Waals surface area contributed by atoms with E-state index in [0.717, 1.165) is 11.8 Å². The Kier molecular flexibility index (Phi) is 5.99. The van der Waals surface area contributed by atoms with E-state index in [1.54, 1.807) is 11.1 Å². The van der Waals surface area contributed by atoms with Gasteiger partial charge in [0.15, 0.2) is 0 Å². The summed E-state index contributed by atoms with van der Waals surface area (Å²) in [7, 11) is 0. The lowest BCUT2D eigenvalue weighted by atomic mass is 9.67. The Hall–Kier alpha value is -0.350. The number of halogens is 2. The predicted molar refractivity (Wildman–Crippen MR) is 121 cm³/mol. The highest BCUT2D eigenvalue weighted by Gasteiger charge is 2.44. The SMILES string of the molecule is CC[C@H](C)CC1(C[C@@H](C)CC)c2cc(Br)ccc2-c2ccc(I)cc21. The van der Waals surface area contributed by atoms with E-state index >= 15 is 0 Å². The minimum atomic E-state index is 0.153. The van der Waals surface area contributed by atoms with E-state index in [-0.39, 0.29) is 5.41 Å². The van der Waals surface area contributed by atoms with Crippen molar-refractivity contribution < 1.29 is 0 Å². The van der Waals surface area contributed by atoms with Crippen LogP contribution in [0.25, 0.3) is 11.1 Å². The molecule has 0 radical (unpaired) electrons. The van der Waals surface area contributed by atoms with Gasteiger partial charge in [-0.05, 0) is 93.8 Å². The maximum Gasteiger partial charge on any atom is 0.0221 e. The smallest absolute Gasteiger partial charge is 0.0221 e. The zero-order valence-electron chi connectivity index (χ0n) is 15.7. The summed E-state index contributed by atoms with van der Waals surface area (Å²) in [6.07, 6.45) is 4.96. The van der Waals surface area contributed by atoms with Crippen LogP contribution < -0.4 is 0 Å². The maximum absolute atomic E-state index is 3.74. The highest BCUT2D eigenvalue weighted by atomic mass is 127. The van der Waals surface area contributed by atoms with Crippen LogP contribution >= 0.6 is 38.5 Å². The summed E-state index contributed by atoms with van der Waals surface area (Å²) in [6.45, 7) is 9.49. The molecule has 0 aliphatic heterocycles. The minimum Gasteiger partial charge on any atom is -0.0651 e. The summed E-state index contributed by atoms with van der Waals surface area (Å²) in [5.41, 5.74) is 6.16. The third-order valence-corrected chi connectivity index (χ3v) is 7.24. The second kappa shape index (κ2) is 7.72. The number of benzene rings is 2. The quantitative estimate of drug-likeness (QED) is 0.343. The van der Waals surface area contributed by atoms with Crippen molar-refractivity contribution in [3.05, 3.63) is 55.6 Å². The third-order valence-electron chi connectivity index (χ3n) is 6.07. The van der Waals surface area contributed by atoms with Crippen molar-refractivity contribution in [1.82, 2.24) is 0 Å². The Balaban J connectivity index is 2.27. The zero-order chi connectivity index (χ0) is 18.2. The van der Waals surface area contributed by atoms with Crippen LogP contribution in [0.3, 0.4) is 0 Å². The fraction of sp³-hybridized carbons (Fsp3) is 0.478. The third kappa shape index (κ3) is 3.58. The van der Waals surface area contributed by atoms with Gasteiger partial charge in [-0.2, -0.15) is 0 Å². The van der Waals surface area contributed by atoms with Crippen molar-refractivity contribution in [2.75, 3.05) is 0 Å². The Morgan fingerprint density at radius 3 is 1.96 bits per heavy atom. The zero-order valence-corrected chi connectivity index (χ0v) is 19.4. The lowest BCUT2D eigenvalue weighted by molar-refractivity contribution is 0.308. The first kappa shape index (κ1) is 19.4. The molecule has 1 aliphatic rings. The lowest BCUT2D eigenvalue weighted by Gasteiger charge is -2.37. The Morgan fingerprint density at radius 1 is 0.880 bits per heavy atom. The Labute approximate surface area is 175 Å². The lowest BCUT2D eigenvalue weighted by Crippen LogP contribution is -2.30. The molecule has 2 aromatic rings. The van der Waals surface area contributed by atoms with Crippen molar-refractivity contribution in [1.29, 1.82) is 0 Å². The van der Waals surface area contributed by atoms with Crippen LogP contribution in [0.4, 0.5) is 0 Å². The van der Waals surface area contributed by atoms with Crippen LogP contribution in [0, 0.1) is 15.4 Å². The van der Waals surface area contributed by atoms with Crippen LogP contribution in [0.2, 0.25) is 0 Å². The monoisotopic (exact) mass is 510 g/mol. The van der Waals surface area contributed by atoms with Crippen LogP contribution in [0.15, 0.2) is 40.9 Å². The van der Waals surface area contributed by atoms with E-state index in [0.29, 0.717) is 0 Å². The van der Waals surface area contributed by atoms with E-state index in [2.05, 4.69) is 103 Å².